The summed E-state index contributed by atoms with van der Waals surface area (Å²) >= 11 is 0. The summed E-state index contributed by atoms with van der Waals surface area (Å²) in [7, 11) is 0. The topological polar surface area (TPSA) is 29.5 Å². The Labute approximate surface area is 49.5 Å². The summed E-state index contributed by atoms with van der Waals surface area (Å²) in [5, 5.41) is 8.28. The predicted molar refractivity (Wildman–Crippen MR) is 29.9 cm³/mol. The molecule has 1 saturated carbocycles. The van der Waals surface area contributed by atoms with E-state index in [0.717, 1.165) is 18.9 Å². The summed E-state index contributed by atoms with van der Waals surface area (Å²) in [6.45, 7) is -0.144. The smallest absolute Gasteiger partial charge is 0.144 e. The van der Waals surface area contributed by atoms with E-state index in [1.54, 1.807) is 0 Å². The monoisotopic (exact) mass is 115 g/mol. The van der Waals surface area contributed by atoms with Crippen LogP contribution in [0.2, 0.25) is 0 Å². The van der Waals surface area contributed by atoms with Crippen LogP contribution in [0.5, 0.6) is 0 Å². The van der Waals surface area contributed by atoms with Gasteiger partial charge in [0.05, 0.1) is 6.10 Å². The SMILES string of the molecule is OCO[C]1CCCC1. The van der Waals surface area contributed by atoms with Crippen molar-refractivity contribution in [3.05, 3.63) is 6.10 Å². The van der Waals surface area contributed by atoms with Gasteiger partial charge in [0.1, 0.15) is 6.79 Å². The molecule has 0 spiro atoms. The normalized spacial score (nSPS) is 22.1. The molecular weight excluding hydrogens is 104 g/mol. The second-order valence-electron chi connectivity index (χ2n) is 2.02. The van der Waals surface area contributed by atoms with Crippen LogP contribution in [0.25, 0.3) is 0 Å². The van der Waals surface area contributed by atoms with Gasteiger partial charge in [-0.25, -0.2) is 0 Å². The van der Waals surface area contributed by atoms with Crippen molar-refractivity contribution in [3.8, 4) is 0 Å². The van der Waals surface area contributed by atoms with Gasteiger partial charge in [0, 0.05) is 0 Å². The van der Waals surface area contributed by atoms with Crippen LogP contribution >= 0.6 is 0 Å². The third-order valence-corrected chi connectivity index (χ3v) is 1.43. The van der Waals surface area contributed by atoms with Crippen molar-refractivity contribution < 1.29 is 9.84 Å². The standard InChI is InChI=1S/C6H11O2/c7-5-8-6-3-1-2-4-6/h7H,1-5H2. The van der Waals surface area contributed by atoms with E-state index in [4.69, 9.17) is 9.84 Å². The molecular formula is C6H11O2. The molecule has 0 amide bonds. The van der Waals surface area contributed by atoms with Crippen LogP contribution in [-0.4, -0.2) is 11.9 Å². The molecule has 2 nitrogen and oxygen atoms in total. The highest BCUT2D eigenvalue weighted by Gasteiger charge is 2.15. The van der Waals surface area contributed by atoms with E-state index in [1.807, 2.05) is 0 Å². The van der Waals surface area contributed by atoms with Gasteiger partial charge in [0.25, 0.3) is 0 Å². The van der Waals surface area contributed by atoms with E-state index in [1.165, 1.54) is 12.8 Å². The van der Waals surface area contributed by atoms with Crippen molar-refractivity contribution in [3.63, 3.8) is 0 Å². The quantitative estimate of drug-likeness (QED) is 0.545. The van der Waals surface area contributed by atoms with Gasteiger partial charge in [-0.05, 0) is 12.8 Å². The summed E-state index contributed by atoms with van der Waals surface area (Å²) in [6.07, 6.45) is 5.65. The minimum Gasteiger partial charge on any atom is -0.371 e. The van der Waals surface area contributed by atoms with Gasteiger partial charge < -0.3 is 9.84 Å². The molecule has 2 heteroatoms. The first-order valence-electron chi connectivity index (χ1n) is 3.02. The van der Waals surface area contributed by atoms with Gasteiger partial charge in [0.2, 0.25) is 0 Å². The second kappa shape index (κ2) is 3.05. The highest BCUT2D eigenvalue weighted by Crippen LogP contribution is 2.26. The first-order chi connectivity index (χ1) is 3.93. The van der Waals surface area contributed by atoms with E-state index in [-0.39, 0.29) is 6.79 Å². The molecule has 0 aromatic carbocycles. The fourth-order valence-corrected chi connectivity index (χ4v) is 1.00. The van der Waals surface area contributed by atoms with Crippen LogP contribution in [0.15, 0.2) is 0 Å². The molecule has 47 valence electrons. The van der Waals surface area contributed by atoms with Gasteiger partial charge in [-0.1, -0.05) is 12.8 Å². The van der Waals surface area contributed by atoms with Crippen LogP contribution in [0, 0.1) is 6.10 Å². The molecule has 0 saturated heterocycles. The number of rotatable bonds is 2. The lowest BCUT2D eigenvalue weighted by Crippen LogP contribution is -1.97. The number of hydrogen-bond acceptors (Lipinski definition) is 2. The van der Waals surface area contributed by atoms with Crippen LogP contribution < -0.4 is 0 Å². The fraction of sp³-hybridized carbons (Fsp3) is 0.833. The second-order valence-corrected chi connectivity index (χ2v) is 2.02. The summed E-state index contributed by atoms with van der Waals surface area (Å²) in [6, 6.07) is 0. The van der Waals surface area contributed by atoms with Crippen LogP contribution in [0.3, 0.4) is 0 Å². The molecule has 8 heavy (non-hydrogen) atoms. The van der Waals surface area contributed by atoms with Crippen molar-refractivity contribution in [2.24, 2.45) is 0 Å². The maximum Gasteiger partial charge on any atom is 0.144 e. The van der Waals surface area contributed by atoms with E-state index in [9.17, 15) is 0 Å². The zero-order valence-corrected chi connectivity index (χ0v) is 4.89. The lowest BCUT2D eigenvalue weighted by atomic mass is 10.3. The lowest BCUT2D eigenvalue weighted by Gasteiger charge is -2.04. The largest absolute Gasteiger partial charge is 0.371 e. The van der Waals surface area contributed by atoms with E-state index in [0.29, 0.717) is 0 Å². The van der Waals surface area contributed by atoms with Crippen molar-refractivity contribution >= 4 is 0 Å². The third-order valence-electron chi connectivity index (χ3n) is 1.43. The highest BCUT2D eigenvalue weighted by atomic mass is 16.6. The van der Waals surface area contributed by atoms with Gasteiger partial charge in [-0.2, -0.15) is 0 Å². The van der Waals surface area contributed by atoms with Crippen molar-refractivity contribution in [2.45, 2.75) is 25.7 Å². The Hall–Kier alpha value is -0.0800. The molecule has 1 aliphatic rings. The first kappa shape index (κ1) is 6.05. The maximum atomic E-state index is 8.28. The van der Waals surface area contributed by atoms with Gasteiger partial charge in [-0.3, -0.25) is 0 Å². The molecule has 0 aliphatic heterocycles. The lowest BCUT2D eigenvalue weighted by molar-refractivity contribution is 0.00447. The Morgan fingerprint density at radius 3 is 2.50 bits per heavy atom. The number of hydrogen-bond donors (Lipinski definition) is 1. The molecule has 1 fully saturated rings. The fourth-order valence-electron chi connectivity index (χ4n) is 1.00. The Kier molecular flexibility index (Phi) is 2.30. The molecule has 1 N–H and O–H groups in total. The first-order valence-corrected chi connectivity index (χ1v) is 3.02. The minimum absolute atomic E-state index is 0.144. The zero-order valence-electron chi connectivity index (χ0n) is 4.89. The van der Waals surface area contributed by atoms with Crippen LogP contribution in [0.4, 0.5) is 0 Å². The van der Waals surface area contributed by atoms with E-state index in [2.05, 4.69) is 0 Å². The van der Waals surface area contributed by atoms with Gasteiger partial charge >= 0.3 is 0 Å². The Morgan fingerprint density at radius 2 is 2.00 bits per heavy atom. The molecule has 1 rings (SSSR count). The average molecular weight is 115 g/mol. The average Bonchev–Trinajstić information content (AvgIpc) is 2.19. The van der Waals surface area contributed by atoms with Crippen LogP contribution in [0.1, 0.15) is 25.7 Å². The molecule has 0 aromatic heterocycles. The van der Waals surface area contributed by atoms with Gasteiger partial charge in [0.15, 0.2) is 0 Å². The summed E-state index contributed by atoms with van der Waals surface area (Å²) < 4.78 is 4.88. The maximum absolute atomic E-state index is 8.28. The number of aliphatic hydroxyl groups is 1. The summed E-state index contributed by atoms with van der Waals surface area (Å²) in [4.78, 5) is 0. The molecule has 1 aliphatic carbocycles. The Bertz CT molecular complexity index is 57.5. The minimum atomic E-state index is -0.144. The molecule has 0 aromatic rings. The van der Waals surface area contributed by atoms with Crippen molar-refractivity contribution in [1.29, 1.82) is 0 Å². The van der Waals surface area contributed by atoms with E-state index < -0.39 is 0 Å². The third kappa shape index (κ3) is 1.46. The molecule has 0 heterocycles. The van der Waals surface area contributed by atoms with Crippen LogP contribution in [-0.2, 0) is 4.74 Å². The zero-order chi connectivity index (χ0) is 5.82. The molecule has 1 radical (unpaired) electrons. The molecule has 0 bridgehead atoms. The summed E-state index contributed by atoms with van der Waals surface area (Å²) in [5.74, 6) is 0. The van der Waals surface area contributed by atoms with Crippen molar-refractivity contribution in [1.82, 2.24) is 0 Å². The van der Waals surface area contributed by atoms with Crippen molar-refractivity contribution in [2.75, 3.05) is 6.79 Å². The molecule has 0 unspecified atom stereocenters. The van der Waals surface area contributed by atoms with E-state index >= 15 is 0 Å². The summed E-state index contributed by atoms with van der Waals surface area (Å²) in [5.41, 5.74) is 0. The van der Waals surface area contributed by atoms with Gasteiger partial charge in [-0.15, -0.1) is 0 Å². The predicted octanol–water partition coefficient (Wildman–Crippen LogP) is 1.06. The molecule has 0 atom stereocenters. The number of aliphatic hydroxyl groups excluding tert-OH is 1. The number of ether oxygens (including phenoxy) is 1. The Balaban J connectivity index is 2.06. The Morgan fingerprint density at radius 1 is 1.38 bits per heavy atom. The highest BCUT2D eigenvalue weighted by molar-refractivity contribution is 4.83.